The van der Waals surface area contributed by atoms with E-state index in [0.717, 1.165) is 12.8 Å². The van der Waals surface area contributed by atoms with Crippen LogP contribution in [-0.4, -0.2) is 27.1 Å². The highest BCUT2D eigenvalue weighted by molar-refractivity contribution is 5.74. The lowest BCUT2D eigenvalue weighted by molar-refractivity contribution is -0.205. The fraction of sp³-hybridized carbons (Fsp3) is 0.696. The number of carbonyl (C=O) groups is 1. The summed E-state index contributed by atoms with van der Waals surface area (Å²) in [5, 5.41) is 27.2. The first-order valence-electron chi connectivity index (χ1n) is 10.5. The summed E-state index contributed by atoms with van der Waals surface area (Å²) in [5.74, 6) is -2.90. The van der Waals surface area contributed by atoms with Crippen molar-refractivity contribution in [2.24, 2.45) is 11.8 Å². The van der Waals surface area contributed by atoms with Gasteiger partial charge in [0.25, 0.3) is 5.79 Å². The van der Waals surface area contributed by atoms with Gasteiger partial charge in [-0.15, -0.1) is 0 Å². The van der Waals surface area contributed by atoms with Crippen LogP contribution in [0.5, 0.6) is 0 Å². The van der Waals surface area contributed by atoms with Gasteiger partial charge in [-0.3, -0.25) is 0 Å². The van der Waals surface area contributed by atoms with E-state index in [1.54, 1.807) is 0 Å². The highest BCUT2D eigenvalue weighted by Crippen LogP contribution is 2.35. The standard InChI is InChI=1S/C23H38O4/c1-19(2)13-8-5-3-4-6-9-14-20-16-12-17-21(20)15-10-7-11-18-23(26,27)22(24)25/h7,9-10,13-14,20-21,26-27H,3-6,8,11-12,15-18H2,1-2H3,(H,24,25)/b10-7-,14-9+/t20-,21-/m0/s1. The Balaban J connectivity index is 2.20. The number of aliphatic carboxylic acids is 1. The third kappa shape index (κ3) is 10.5. The predicted octanol–water partition coefficient (Wildman–Crippen LogP) is 5.37. The Labute approximate surface area is 164 Å². The summed E-state index contributed by atoms with van der Waals surface area (Å²) < 4.78 is 0. The van der Waals surface area contributed by atoms with Gasteiger partial charge in [-0.05, 0) is 77.0 Å². The quantitative estimate of drug-likeness (QED) is 0.229. The molecule has 1 aliphatic rings. The molecule has 0 saturated heterocycles. The molecule has 1 rings (SSSR count). The van der Waals surface area contributed by atoms with E-state index < -0.39 is 11.8 Å². The van der Waals surface area contributed by atoms with E-state index in [1.165, 1.54) is 50.5 Å². The van der Waals surface area contributed by atoms with E-state index in [9.17, 15) is 15.0 Å². The number of unbranched alkanes of at least 4 members (excludes halogenated alkanes) is 4. The molecule has 0 bridgehead atoms. The molecule has 4 heteroatoms. The molecule has 0 amide bonds. The second-order valence-corrected chi connectivity index (χ2v) is 8.07. The van der Waals surface area contributed by atoms with Gasteiger partial charge >= 0.3 is 5.97 Å². The summed E-state index contributed by atoms with van der Waals surface area (Å²) in [4.78, 5) is 10.6. The lowest BCUT2D eigenvalue weighted by Gasteiger charge is -2.15. The van der Waals surface area contributed by atoms with Crippen molar-refractivity contribution in [1.29, 1.82) is 0 Å². The van der Waals surface area contributed by atoms with Gasteiger partial charge in [0.15, 0.2) is 0 Å². The average Bonchev–Trinajstić information content (AvgIpc) is 3.03. The van der Waals surface area contributed by atoms with Crippen molar-refractivity contribution in [3.8, 4) is 0 Å². The molecule has 2 atom stereocenters. The van der Waals surface area contributed by atoms with Crippen LogP contribution in [0, 0.1) is 11.8 Å². The van der Waals surface area contributed by atoms with E-state index in [4.69, 9.17) is 5.11 Å². The first kappa shape index (κ1) is 23.6. The van der Waals surface area contributed by atoms with Gasteiger partial charge in [-0.2, -0.15) is 0 Å². The number of allylic oxidation sites excluding steroid dienone is 6. The molecule has 154 valence electrons. The molecule has 0 aromatic carbocycles. The zero-order chi connectivity index (χ0) is 20.1. The highest BCUT2D eigenvalue weighted by atomic mass is 16.5. The van der Waals surface area contributed by atoms with Gasteiger partial charge < -0.3 is 15.3 Å². The zero-order valence-corrected chi connectivity index (χ0v) is 17.1. The molecule has 0 heterocycles. The van der Waals surface area contributed by atoms with Crippen molar-refractivity contribution < 1.29 is 20.1 Å². The van der Waals surface area contributed by atoms with Gasteiger partial charge in [0, 0.05) is 6.42 Å². The van der Waals surface area contributed by atoms with Gasteiger partial charge in [-0.1, -0.05) is 48.8 Å². The summed E-state index contributed by atoms with van der Waals surface area (Å²) in [6.07, 6.45) is 22.1. The number of hydrogen-bond donors (Lipinski definition) is 3. The molecular formula is C23H38O4. The van der Waals surface area contributed by atoms with Crippen LogP contribution < -0.4 is 0 Å². The molecule has 0 spiro atoms. The molecule has 0 aliphatic heterocycles. The smallest absolute Gasteiger partial charge is 0.364 e. The summed E-state index contributed by atoms with van der Waals surface area (Å²) in [7, 11) is 0. The minimum atomic E-state index is -2.62. The molecule has 1 saturated carbocycles. The molecular weight excluding hydrogens is 340 g/mol. The van der Waals surface area contributed by atoms with Crippen molar-refractivity contribution in [2.75, 3.05) is 0 Å². The molecule has 3 N–H and O–H groups in total. The number of hydrogen-bond acceptors (Lipinski definition) is 3. The van der Waals surface area contributed by atoms with Crippen molar-refractivity contribution in [1.82, 2.24) is 0 Å². The third-order valence-corrected chi connectivity index (χ3v) is 5.34. The Morgan fingerprint density at radius 2 is 1.74 bits per heavy atom. The molecule has 4 nitrogen and oxygen atoms in total. The fourth-order valence-corrected chi connectivity index (χ4v) is 3.64. The van der Waals surface area contributed by atoms with Crippen LogP contribution in [0.4, 0.5) is 0 Å². The van der Waals surface area contributed by atoms with E-state index >= 15 is 0 Å². The second kappa shape index (κ2) is 12.9. The number of carboxylic acids is 1. The Hall–Kier alpha value is -1.39. The fourth-order valence-electron chi connectivity index (χ4n) is 3.64. The van der Waals surface area contributed by atoms with Crippen LogP contribution in [-0.2, 0) is 4.79 Å². The van der Waals surface area contributed by atoms with Crippen LogP contribution in [0.2, 0.25) is 0 Å². The SMILES string of the molecule is CC(C)=CCCCCC/C=C/[C@H]1CCC[C@@H]1C/C=C\CCC(O)(O)C(=O)O. The van der Waals surface area contributed by atoms with Crippen molar-refractivity contribution in [3.05, 3.63) is 36.0 Å². The molecule has 0 unspecified atom stereocenters. The van der Waals surface area contributed by atoms with E-state index in [0.29, 0.717) is 18.3 Å². The van der Waals surface area contributed by atoms with E-state index in [1.807, 2.05) is 6.08 Å². The largest absolute Gasteiger partial charge is 0.477 e. The molecule has 1 fully saturated rings. The Morgan fingerprint density at radius 1 is 1.00 bits per heavy atom. The maximum atomic E-state index is 10.6. The first-order chi connectivity index (χ1) is 12.8. The second-order valence-electron chi connectivity index (χ2n) is 8.07. The lowest BCUT2D eigenvalue weighted by atomic mass is 9.92. The normalized spacial score (nSPS) is 20.6. The number of aliphatic hydroxyl groups is 2. The van der Waals surface area contributed by atoms with Crippen LogP contribution in [0.15, 0.2) is 36.0 Å². The van der Waals surface area contributed by atoms with Gasteiger partial charge in [0.05, 0.1) is 0 Å². The lowest BCUT2D eigenvalue weighted by Crippen LogP contribution is -2.37. The minimum absolute atomic E-state index is 0.180. The van der Waals surface area contributed by atoms with E-state index in [-0.39, 0.29) is 6.42 Å². The van der Waals surface area contributed by atoms with E-state index in [2.05, 4.69) is 38.2 Å². The third-order valence-electron chi connectivity index (χ3n) is 5.34. The van der Waals surface area contributed by atoms with Crippen LogP contribution in [0.3, 0.4) is 0 Å². The van der Waals surface area contributed by atoms with Crippen LogP contribution in [0.1, 0.15) is 84.5 Å². The van der Waals surface area contributed by atoms with Gasteiger partial charge in [0.2, 0.25) is 0 Å². The first-order valence-corrected chi connectivity index (χ1v) is 10.5. The Kier molecular flexibility index (Phi) is 11.3. The Bertz CT molecular complexity index is 512. The summed E-state index contributed by atoms with van der Waals surface area (Å²) in [5.41, 5.74) is 1.41. The number of rotatable bonds is 13. The topological polar surface area (TPSA) is 77.8 Å². The Morgan fingerprint density at radius 3 is 2.44 bits per heavy atom. The molecule has 0 aromatic rings. The molecule has 0 radical (unpaired) electrons. The maximum Gasteiger partial charge on any atom is 0.364 e. The van der Waals surface area contributed by atoms with Crippen LogP contribution in [0.25, 0.3) is 0 Å². The summed E-state index contributed by atoms with van der Waals surface area (Å²) in [6.45, 7) is 4.30. The summed E-state index contributed by atoms with van der Waals surface area (Å²) in [6, 6.07) is 0. The molecule has 1 aliphatic carbocycles. The highest BCUT2D eigenvalue weighted by Gasteiger charge is 2.31. The maximum absolute atomic E-state index is 10.6. The summed E-state index contributed by atoms with van der Waals surface area (Å²) >= 11 is 0. The monoisotopic (exact) mass is 378 g/mol. The van der Waals surface area contributed by atoms with Crippen LogP contribution >= 0.6 is 0 Å². The number of carboxylic acid groups (broad SMARTS) is 1. The van der Waals surface area contributed by atoms with Crippen molar-refractivity contribution in [3.63, 3.8) is 0 Å². The van der Waals surface area contributed by atoms with Crippen molar-refractivity contribution in [2.45, 2.75) is 90.3 Å². The van der Waals surface area contributed by atoms with Gasteiger partial charge in [0.1, 0.15) is 0 Å². The molecule has 0 aromatic heterocycles. The van der Waals surface area contributed by atoms with Gasteiger partial charge in [-0.25, -0.2) is 4.79 Å². The zero-order valence-electron chi connectivity index (χ0n) is 17.1. The average molecular weight is 379 g/mol. The van der Waals surface area contributed by atoms with Crippen molar-refractivity contribution >= 4 is 5.97 Å². The minimum Gasteiger partial charge on any atom is -0.477 e. The molecule has 27 heavy (non-hydrogen) atoms. The predicted molar refractivity (Wildman–Crippen MR) is 110 cm³/mol.